The highest BCUT2D eigenvalue weighted by Gasteiger charge is 2.05. The minimum absolute atomic E-state index is 0.621. The molecule has 0 spiro atoms. The molecule has 0 heterocycles. The Morgan fingerprint density at radius 2 is 1.71 bits per heavy atom. The van der Waals surface area contributed by atoms with Crippen molar-refractivity contribution in [1.29, 1.82) is 0 Å². The zero-order valence-corrected chi connectivity index (χ0v) is 13.2. The number of hydrogen-bond acceptors (Lipinski definition) is 2. The second kappa shape index (κ2) is 8.06. The Morgan fingerprint density at radius 1 is 1.00 bits per heavy atom. The summed E-state index contributed by atoms with van der Waals surface area (Å²) >= 11 is 6.25. The minimum atomic E-state index is 0.621. The summed E-state index contributed by atoms with van der Waals surface area (Å²) in [6.45, 7) is 2.82. The molecule has 0 unspecified atom stereocenters. The van der Waals surface area contributed by atoms with Crippen LogP contribution in [0.15, 0.2) is 42.5 Å². The van der Waals surface area contributed by atoms with E-state index >= 15 is 0 Å². The first kappa shape index (κ1) is 15.9. The highest BCUT2D eigenvalue weighted by molar-refractivity contribution is 6.32. The summed E-state index contributed by atoms with van der Waals surface area (Å²) in [4.78, 5) is 0. The standard InChI is InChI=1S/C18H22ClNO/c1-2-3-4-14-5-8-16(9-6-14)21-18-10-7-15(11-12-20)13-17(18)19/h5-10,13H,2-4,11-12,20H2,1H3. The Hall–Kier alpha value is -1.51. The molecule has 0 radical (unpaired) electrons. The maximum atomic E-state index is 6.25. The van der Waals surface area contributed by atoms with Crippen molar-refractivity contribution in [3.63, 3.8) is 0 Å². The van der Waals surface area contributed by atoms with Gasteiger partial charge >= 0.3 is 0 Å². The molecule has 3 heteroatoms. The molecule has 0 fully saturated rings. The van der Waals surface area contributed by atoms with E-state index in [0.717, 1.165) is 24.2 Å². The van der Waals surface area contributed by atoms with Gasteiger partial charge in [-0.15, -0.1) is 0 Å². The smallest absolute Gasteiger partial charge is 0.146 e. The van der Waals surface area contributed by atoms with Crippen LogP contribution in [0.4, 0.5) is 0 Å². The molecule has 112 valence electrons. The fourth-order valence-corrected chi connectivity index (χ4v) is 2.42. The molecule has 21 heavy (non-hydrogen) atoms. The van der Waals surface area contributed by atoms with Crippen LogP contribution >= 0.6 is 11.6 Å². The van der Waals surface area contributed by atoms with Crippen molar-refractivity contribution in [1.82, 2.24) is 0 Å². The number of aryl methyl sites for hydroxylation is 1. The highest BCUT2D eigenvalue weighted by atomic mass is 35.5. The van der Waals surface area contributed by atoms with Gasteiger partial charge in [-0.1, -0.05) is 43.1 Å². The quantitative estimate of drug-likeness (QED) is 0.783. The van der Waals surface area contributed by atoms with E-state index in [2.05, 4.69) is 19.1 Å². The van der Waals surface area contributed by atoms with Crippen LogP contribution in [0.2, 0.25) is 5.02 Å². The lowest BCUT2D eigenvalue weighted by atomic mass is 10.1. The zero-order valence-electron chi connectivity index (χ0n) is 12.4. The molecule has 0 aliphatic heterocycles. The van der Waals surface area contributed by atoms with Gasteiger partial charge in [-0.05, 0) is 61.2 Å². The topological polar surface area (TPSA) is 35.2 Å². The number of benzene rings is 2. The van der Waals surface area contributed by atoms with E-state index in [9.17, 15) is 0 Å². The number of halogens is 1. The predicted molar refractivity (Wildman–Crippen MR) is 89.3 cm³/mol. The molecule has 0 aromatic heterocycles. The van der Waals surface area contributed by atoms with Gasteiger partial charge in [0.1, 0.15) is 11.5 Å². The third-order valence-electron chi connectivity index (χ3n) is 3.40. The Labute approximate surface area is 131 Å². The summed E-state index contributed by atoms with van der Waals surface area (Å²) in [7, 11) is 0. The number of ether oxygens (including phenoxy) is 1. The Balaban J connectivity index is 2.04. The van der Waals surface area contributed by atoms with Gasteiger partial charge in [0.15, 0.2) is 0 Å². The van der Waals surface area contributed by atoms with Crippen molar-refractivity contribution in [2.45, 2.75) is 32.6 Å². The number of hydrogen-bond donors (Lipinski definition) is 1. The maximum absolute atomic E-state index is 6.25. The first-order valence-electron chi connectivity index (χ1n) is 7.48. The van der Waals surface area contributed by atoms with Gasteiger partial charge in [0.25, 0.3) is 0 Å². The molecule has 0 aliphatic carbocycles. The molecule has 0 atom stereocenters. The van der Waals surface area contributed by atoms with E-state index in [4.69, 9.17) is 22.1 Å². The lowest BCUT2D eigenvalue weighted by Crippen LogP contribution is -2.02. The average molecular weight is 304 g/mol. The highest BCUT2D eigenvalue weighted by Crippen LogP contribution is 2.30. The number of rotatable bonds is 7. The minimum Gasteiger partial charge on any atom is -0.456 e. The van der Waals surface area contributed by atoms with Gasteiger partial charge in [-0.2, -0.15) is 0 Å². The normalized spacial score (nSPS) is 10.6. The van der Waals surface area contributed by atoms with Crippen molar-refractivity contribution in [2.24, 2.45) is 5.73 Å². The van der Waals surface area contributed by atoms with E-state index < -0.39 is 0 Å². The zero-order chi connectivity index (χ0) is 15.1. The summed E-state index contributed by atoms with van der Waals surface area (Å²) in [5, 5.41) is 0.621. The van der Waals surface area contributed by atoms with Crippen LogP contribution in [0.25, 0.3) is 0 Å². The molecule has 0 amide bonds. The SMILES string of the molecule is CCCCc1ccc(Oc2ccc(CCN)cc2Cl)cc1. The van der Waals surface area contributed by atoms with Crippen LogP contribution in [0.5, 0.6) is 11.5 Å². The second-order valence-electron chi connectivity index (χ2n) is 5.15. The molecule has 2 N–H and O–H groups in total. The Morgan fingerprint density at radius 3 is 2.33 bits per heavy atom. The van der Waals surface area contributed by atoms with E-state index in [1.54, 1.807) is 0 Å². The lowest BCUT2D eigenvalue weighted by molar-refractivity contribution is 0.482. The largest absolute Gasteiger partial charge is 0.456 e. The molecular weight excluding hydrogens is 282 g/mol. The van der Waals surface area contributed by atoms with Crippen LogP contribution in [-0.2, 0) is 12.8 Å². The van der Waals surface area contributed by atoms with Crippen molar-refractivity contribution in [3.05, 3.63) is 58.6 Å². The number of unbranched alkanes of at least 4 members (excludes halogenated alkanes) is 1. The average Bonchev–Trinajstić information content (AvgIpc) is 2.49. The molecule has 2 aromatic carbocycles. The summed E-state index contributed by atoms with van der Waals surface area (Å²) in [5.74, 6) is 1.49. The van der Waals surface area contributed by atoms with Crippen LogP contribution in [0, 0.1) is 0 Å². The monoisotopic (exact) mass is 303 g/mol. The summed E-state index contributed by atoms with van der Waals surface area (Å²) < 4.78 is 5.84. The molecule has 0 saturated carbocycles. The van der Waals surface area contributed by atoms with Gasteiger partial charge < -0.3 is 10.5 Å². The fraction of sp³-hybridized carbons (Fsp3) is 0.333. The van der Waals surface area contributed by atoms with Gasteiger partial charge in [0.05, 0.1) is 5.02 Å². The summed E-state index contributed by atoms with van der Waals surface area (Å²) in [5.41, 5.74) is 8.02. The molecule has 2 nitrogen and oxygen atoms in total. The third-order valence-corrected chi connectivity index (χ3v) is 3.69. The van der Waals surface area contributed by atoms with Crippen LogP contribution in [0.3, 0.4) is 0 Å². The molecule has 0 bridgehead atoms. The van der Waals surface area contributed by atoms with Gasteiger partial charge in [-0.25, -0.2) is 0 Å². The molecule has 0 saturated heterocycles. The Kier molecular flexibility index (Phi) is 6.09. The Bertz CT molecular complexity index is 566. The predicted octanol–water partition coefficient (Wildman–Crippen LogP) is 4.98. The van der Waals surface area contributed by atoms with E-state index in [1.165, 1.54) is 18.4 Å². The van der Waals surface area contributed by atoms with Gasteiger partial charge in [0.2, 0.25) is 0 Å². The third kappa shape index (κ3) is 4.76. The lowest BCUT2D eigenvalue weighted by Gasteiger charge is -2.09. The first-order chi connectivity index (χ1) is 10.2. The number of nitrogens with two attached hydrogens (primary N) is 1. The van der Waals surface area contributed by atoms with Crippen LogP contribution in [0.1, 0.15) is 30.9 Å². The summed E-state index contributed by atoms with van der Waals surface area (Å²) in [6.07, 6.45) is 4.37. The summed E-state index contributed by atoms with van der Waals surface area (Å²) in [6, 6.07) is 14.0. The fourth-order valence-electron chi connectivity index (χ4n) is 2.18. The van der Waals surface area contributed by atoms with Crippen molar-refractivity contribution < 1.29 is 4.74 Å². The second-order valence-corrected chi connectivity index (χ2v) is 5.56. The van der Waals surface area contributed by atoms with Crippen LogP contribution in [-0.4, -0.2) is 6.54 Å². The van der Waals surface area contributed by atoms with Crippen molar-refractivity contribution in [3.8, 4) is 11.5 Å². The van der Waals surface area contributed by atoms with Crippen LogP contribution < -0.4 is 10.5 Å². The van der Waals surface area contributed by atoms with E-state index in [-0.39, 0.29) is 0 Å². The van der Waals surface area contributed by atoms with Gasteiger partial charge in [0, 0.05) is 0 Å². The molecule has 2 aromatic rings. The van der Waals surface area contributed by atoms with E-state index in [1.807, 2.05) is 30.3 Å². The molecule has 2 rings (SSSR count). The maximum Gasteiger partial charge on any atom is 0.146 e. The molecule has 0 aliphatic rings. The van der Waals surface area contributed by atoms with E-state index in [0.29, 0.717) is 17.3 Å². The molecular formula is C18H22ClNO. The van der Waals surface area contributed by atoms with Gasteiger partial charge in [-0.3, -0.25) is 0 Å². The first-order valence-corrected chi connectivity index (χ1v) is 7.86. The van der Waals surface area contributed by atoms with Crippen molar-refractivity contribution >= 4 is 11.6 Å². The van der Waals surface area contributed by atoms with Crippen molar-refractivity contribution in [2.75, 3.05) is 6.54 Å².